The number of nitrogens with zero attached hydrogens (tertiary/aromatic N) is 2. The Morgan fingerprint density at radius 3 is 2.75 bits per heavy atom. The Balaban J connectivity index is 2.45. The summed E-state index contributed by atoms with van der Waals surface area (Å²) in [6, 6.07) is 5.14. The minimum Gasteiger partial charge on any atom is -0.477 e. The molecule has 0 bridgehead atoms. The molecule has 0 amide bonds. The number of hydrogen-bond acceptors (Lipinski definition) is 5. The lowest BCUT2D eigenvalue weighted by atomic mass is 10.2. The Labute approximate surface area is 117 Å². The molecular formula is C12H7ClN2O5. The third-order valence-electron chi connectivity index (χ3n) is 2.35. The van der Waals surface area contributed by atoms with Crippen molar-refractivity contribution in [3.63, 3.8) is 0 Å². The van der Waals surface area contributed by atoms with E-state index in [9.17, 15) is 14.9 Å². The Morgan fingerprint density at radius 2 is 2.10 bits per heavy atom. The Bertz CT molecular complexity index is 689. The van der Waals surface area contributed by atoms with Crippen molar-refractivity contribution in [3.8, 4) is 11.5 Å². The molecule has 1 heterocycles. The summed E-state index contributed by atoms with van der Waals surface area (Å²) in [7, 11) is 0. The average Bonchev–Trinajstić information content (AvgIpc) is 2.41. The van der Waals surface area contributed by atoms with Crippen molar-refractivity contribution >= 4 is 23.3 Å². The number of ether oxygens (including phenoxy) is 1. The first-order chi connectivity index (χ1) is 9.49. The number of nitro benzene ring substituents is 1. The van der Waals surface area contributed by atoms with Crippen molar-refractivity contribution in [2.24, 2.45) is 0 Å². The highest BCUT2D eigenvalue weighted by Gasteiger charge is 2.19. The Hall–Kier alpha value is -2.67. The molecule has 0 spiro atoms. The van der Waals surface area contributed by atoms with Gasteiger partial charge in [0.05, 0.1) is 4.92 Å². The molecule has 8 heteroatoms. The van der Waals surface area contributed by atoms with Crippen LogP contribution in [0.4, 0.5) is 5.69 Å². The minimum absolute atomic E-state index is 0.0436. The Kier molecular flexibility index (Phi) is 3.81. The van der Waals surface area contributed by atoms with Crippen LogP contribution in [-0.4, -0.2) is 21.0 Å². The zero-order chi connectivity index (χ0) is 14.7. The number of pyridine rings is 1. The molecule has 0 radical (unpaired) electrons. The standard InChI is InChI=1S/C12H7ClN2O5/c13-7-1-2-11(9(5-7)15(18)19)20-10-3-4-14-6-8(10)12(16)17/h1-6H,(H,16,17). The quantitative estimate of drug-likeness (QED) is 0.686. The highest BCUT2D eigenvalue weighted by atomic mass is 35.5. The number of rotatable bonds is 4. The molecule has 0 saturated heterocycles. The Morgan fingerprint density at radius 1 is 1.35 bits per heavy atom. The molecule has 0 unspecified atom stereocenters. The molecule has 0 fully saturated rings. The summed E-state index contributed by atoms with van der Waals surface area (Å²) in [5.74, 6) is -1.39. The van der Waals surface area contributed by atoms with E-state index >= 15 is 0 Å². The number of carboxylic acid groups (broad SMARTS) is 1. The number of nitro groups is 1. The van der Waals surface area contributed by atoms with Gasteiger partial charge >= 0.3 is 11.7 Å². The van der Waals surface area contributed by atoms with Gasteiger partial charge in [-0.2, -0.15) is 0 Å². The second-order valence-electron chi connectivity index (χ2n) is 3.65. The van der Waals surface area contributed by atoms with Crippen molar-refractivity contribution in [1.82, 2.24) is 4.98 Å². The molecule has 20 heavy (non-hydrogen) atoms. The summed E-state index contributed by atoms with van der Waals surface area (Å²) in [6.07, 6.45) is 2.42. The number of benzene rings is 1. The van der Waals surface area contributed by atoms with Crippen LogP contribution >= 0.6 is 11.6 Å². The van der Waals surface area contributed by atoms with E-state index in [0.717, 1.165) is 12.3 Å². The number of aromatic carboxylic acids is 1. The van der Waals surface area contributed by atoms with Crippen molar-refractivity contribution < 1.29 is 19.6 Å². The van der Waals surface area contributed by atoms with E-state index in [-0.39, 0.29) is 27.8 Å². The van der Waals surface area contributed by atoms with Crippen LogP contribution in [0.25, 0.3) is 0 Å². The third-order valence-corrected chi connectivity index (χ3v) is 2.58. The molecule has 0 aliphatic heterocycles. The van der Waals surface area contributed by atoms with Crippen LogP contribution in [0.1, 0.15) is 10.4 Å². The van der Waals surface area contributed by atoms with Gasteiger partial charge in [-0.25, -0.2) is 4.79 Å². The molecule has 1 aromatic heterocycles. The van der Waals surface area contributed by atoms with E-state index in [0.29, 0.717) is 0 Å². The predicted octanol–water partition coefficient (Wildman–Crippen LogP) is 3.13. The minimum atomic E-state index is -1.25. The summed E-state index contributed by atoms with van der Waals surface area (Å²) in [6.45, 7) is 0. The van der Waals surface area contributed by atoms with Crippen LogP contribution in [0.15, 0.2) is 36.7 Å². The zero-order valence-corrected chi connectivity index (χ0v) is 10.6. The second kappa shape index (κ2) is 5.54. The molecule has 2 aromatic rings. The predicted molar refractivity (Wildman–Crippen MR) is 69.4 cm³/mol. The van der Waals surface area contributed by atoms with Gasteiger partial charge in [-0.1, -0.05) is 11.6 Å². The van der Waals surface area contributed by atoms with Gasteiger partial charge in [-0.15, -0.1) is 0 Å². The van der Waals surface area contributed by atoms with Crippen LogP contribution in [0, 0.1) is 10.1 Å². The zero-order valence-electron chi connectivity index (χ0n) is 9.82. The highest BCUT2D eigenvalue weighted by molar-refractivity contribution is 6.30. The van der Waals surface area contributed by atoms with Crippen LogP contribution < -0.4 is 4.74 Å². The maximum Gasteiger partial charge on any atom is 0.341 e. The maximum atomic E-state index is 11.0. The molecule has 7 nitrogen and oxygen atoms in total. The normalized spacial score (nSPS) is 10.1. The number of carboxylic acids is 1. The van der Waals surface area contributed by atoms with Crippen molar-refractivity contribution in [1.29, 1.82) is 0 Å². The third kappa shape index (κ3) is 2.83. The van der Waals surface area contributed by atoms with E-state index in [1.54, 1.807) is 0 Å². The fourth-order valence-electron chi connectivity index (χ4n) is 1.47. The van der Waals surface area contributed by atoms with Gasteiger partial charge in [0, 0.05) is 29.5 Å². The molecule has 0 aliphatic carbocycles. The average molecular weight is 295 g/mol. The van der Waals surface area contributed by atoms with E-state index in [1.165, 1.54) is 24.4 Å². The molecule has 1 N–H and O–H groups in total. The molecule has 0 atom stereocenters. The molecular weight excluding hydrogens is 288 g/mol. The van der Waals surface area contributed by atoms with E-state index in [1.807, 2.05) is 0 Å². The summed E-state index contributed by atoms with van der Waals surface area (Å²) in [5, 5.41) is 20.1. The molecule has 1 aromatic carbocycles. The number of aromatic nitrogens is 1. The second-order valence-corrected chi connectivity index (χ2v) is 4.08. The number of carbonyl (C=O) groups is 1. The van der Waals surface area contributed by atoms with E-state index in [2.05, 4.69) is 4.98 Å². The maximum absolute atomic E-state index is 11.0. The van der Waals surface area contributed by atoms with E-state index in [4.69, 9.17) is 21.4 Å². The van der Waals surface area contributed by atoms with Crippen LogP contribution in [0.5, 0.6) is 11.5 Å². The van der Waals surface area contributed by atoms with Gasteiger partial charge in [0.15, 0.2) is 0 Å². The summed E-state index contributed by atoms with van der Waals surface area (Å²) in [5.41, 5.74) is -0.553. The van der Waals surface area contributed by atoms with Crippen LogP contribution in [-0.2, 0) is 0 Å². The van der Waals surface area contributed by atoms with Gasteiger partial charge < -0.3 is 9.84 Å². The lowest BCUT2D eigenvalue weighted by Gasteiger charge is -2.08. The van der Waals surface area contributed by atoms with Gasteiger partial charge in [-0.3, -0.25) is 15.1 Å². The number of hydrogen-bond donors (Lipinski definition) is 1. The highest BCUT2D eigenvalue weighted by Crippen LogP contribution is 2.34. The van der Waals surface area contributed by atoms with E-state index < -0.39 is 10.9 Å². The SMILES string of the molecule is O=C(O)c1cnccc1Oc1ccc(Cl)cc1[N+](=O)[O-]. The van der Waals surface area contributed by atoms with Gasteiger partial charge in [0.25, 0.3) is 0 Å². The van der Waals surface area contributed by atoms with Gasteiger partial charge in [-0.05, 0) is 12.1 Å². The van der Waals surface area contributed by atoms with Crippen LogP contribution in [0.2, 0.25) is 5.02 Å². The molecule has 102 valence electrons. The molecule has 2 rings (SSSR count). The first-order valence-electron chi connectivity index (χ1n) is 5.28. The van der Waals surface area contributed by atoms with Crippen molar-refractivity contribution in [3.05, 3.63) is 57.4 Å². The lowest BCUT2D eigenvalue weighted by molar-refractivity contribution is -0.385. The smallest absolute Gasteiger partial charge is 0.341 e. The fourth-order valence-corrected chi connectivity index (χ4v) is 1.64. The topological polar surface area (TPSA) is 103 Å². The van der Waals surface area contributed by atoms with Crippen LogP contribution in [0.3, 0.4) is 0 Å². The summed E-state index contributed by atoms with van der Waals surface area (Å²) < 4.78 is 5.30. The lowest BCUT2D eigenvalue weighted by Crippen LogP contribution is -2.01. The number of halogens is 1. The first-order valence-corrected chi connectivity index (χ1v) is 5.66. The molecule has 0 aliphatic rings. The fraction of sp³-hybridized carbons (Fsp3) is 0. The summed E-state index contributed by atoms with van der Waals surface area (Å²) >= 11 is 5.68. The van der Waals surface area contributed by atoms with Gasteiger partial charge in [0.1, 0.15) is 11.3 Å². The first kappa shape index (κ1) is 13.8. The monoisotopic (exact) mass is 294 g/mol. The largest absolute Gasteiger partial charge is 0.477 e. The van der Waals surface area contributed by atoms with Crippen molar-refractivity contribution in [2.75, 3.05) is 0 Å². The van der Waals surface area contributed by atoms with Gasteiger partial charge in [0.2, 0.25) is 5.75 Å². The summed E-state index contributed by atoms with van der Waals surface area (Å²) in [4.78, 5) is 24.9. The molecule has 0 saturated carbocycles. The van der Waals surface area contributed by atoms with Crippen molar-refractivity contribution in [2.45, 2.75) is 0 Å².